The van der Waals surface area contributed by atoms with Gasteiger partial charge in [0.2, 0.25) is 0 Å². The van der Waals surface area contributed by atoms with Gasteiger partial charge in [-0.1, -0.05) is 0 Å². The monoisotopic (exact) mass is 1170 g/mol. The predicted molar refractivity (Wildman–Crippen MR) is 256 cm³/mol. The Morgan fingerprint density at radius 1 is 0.210 bits per heavy atom. The minimum atomic E-state index is -5.84. The Bertz CT molecular complexity index is 2220. The summed E-state index contributed by atoms with van der Waals surface area (Å²) in [7, 11) is 0. The Balaban J connectivity index is 1.42. The molecule has 8 heteroatoms. The second kappa shape index (κ2) is 19.6. The second-order valence-corrected chi connectivity index (χ2v) is 50.3. The zero-order valence-corrected chi connectivity index (χ0v) is 44.0. The van der Waals surface area contributed by atoms with E-state index < -0.39 is 71.4 Å². The average molecular weight is 1170 g/mol. The number of hydrogen-bond acceptors (Lipinski definition) is 4. The van der Waals surface area contributed by atoms with Gasteiger partial charge in [0.25, 0.3) is 0 Å². The van der Waals surface area contributed by atoms with Gasteiger partial charge in [0.05, 0.1) is 0 Å². The predicted octanol–water partition coefficient (Wildman–Crippen LogP) is 6.28. The Morgan fingerprint density at radius 3 is 0.435 bits per heavy atom. The Labute approximate surface area is 382 Å². The van der Waals surface area contributed by atoms with Crippen LogP contribution < -0.4 is 32.2 Å². The molecule has 9 rings (SSSR count). The topological polar surface area (TPSA) is 44.8 Å². The number of hydrogen-bond donors (Lipinski definition) is 0. The molecule has 0 saturated carbocycles. The van der Waals surface area contributed by atoms with E-state index in [0.29, 0.717) is 0 Å². The van der Waals surface area contributed by atoms with Crippen molar-refractivity contribution < 1.29 is 24.7 Å². The Morgan fingerprint density at radius 2 is 0.323 bits per heavy atom. The summed E-state index contributed by atoms with van der Waals surface area (Å²) in [5.74, 6) is 0. The summed E-state index contributed by atoms with van der Waals surface area (Å²) >= 11 is -20.8. The molecule has 62 heavy (non-hydrogen) atoms. The molecule has 0 fully saturated rings. The van der Waals surface area contributed by atoms with Crippen molar-refractivity contribution in [3.63, 3.8) is 0 Å². The third-order valence-electron chi connectivity index (χ3n) is 11.4. The second-order valence-electron chi connectivity index (χ2n) is 15.1. The molecule has 0 amide bonds. The van der Waals surface area contributed by atoms with Gasteiger partial charge in [0, 0.05) is 0 Å². The van der Waals surface area contributed by atoms with E-state index in [1.54, 1.807) is 0 Å². The molecule has 4 nitrogen and oxygen atoms in total. The summed E-state index contributed by atoms with van der Waals surface area (Å²) in [5, 5.41) is 0. The molecule has 0 N–H and O–H groups in total. The molecule has 0 heterocycles. The molecule has 0 atom stereocenters. The van der Waals surface area contributed by atoms with Crippen molar-refractivity contribution in [2.24, 2.45) is 0 Å². The van der Waals surface area contributed by atoms with E-state index in [4.69, 9.17) is 6.00 Å². The summed E-state index contributed by atoms with van der Waals surface area (Å²) in [6.07, 6.45) is 0. The third kappa shape index (κ3) is 8.52. The number of rotatable bonds is 15. The molecule has 9 aromatic rings. The number of benzene rings is 9. The maximum atomic E-state index is 18.0. The van der Waals surface area contributed by atoms with E-state index in [2.05, 4.69) is 218 Å². The zero-order chi connectivity index (χ0) is 42.1. The van der Waals surface area contributed by atoms with Gasteiger partial charge in [-0.05, 0) is 0 Å². The van der Waals surface area contributed by atoms with Crippen LogP contribution in [0.1, 0.15) is 0 Å². The van der Waals surface area contributed by atoms with E-state index in [-0.39, 0.29) is 0 Å². The van der Waals surface area contributed by atoms with Crippen molar-refractivity contribution in [2.45, 2.75) is 0 Å². The summed E-state index contributed by atoms with van der Waals surface area (Å²) in [4.78, 5) is 0. The van der Waals surface area contributed by atoms with Gasteiger partial charge in [-0.15, -0.1) is 0 Å². The van der Waals surface area contributed by atoms with Crippen molar-refractivity contribution in [2.75, 3.05) is 0 Å². The van der Waals surface area contributed by atoms with Crippen molar-refractivity contribution >= 4 is 88.6 Å². The molecule has 0 aliphatic carbocycles. The fourth-order valence-electron chi connectivity index (χ4n) is 8.59. The molecule has 9 aromatic carbocycles. The summed E-state index contributed by atoms with van der Waals surface area (Å²) in [5.41, 5.74) is 0. The van der Waals surface area contributed by atoms with Crippen LogP contribution in [0.4, 0.5) is 0 Å². The normalized spacial score (nSPS) is 12.1. The van der Waals surface area contributed by atoms with Gasteiger partial charge in [-0.2, -0.15) is 0 Å². The molecular weight excluding hydrogens is 1120 g/mol. The van der Waals surface area contributed by atoms with Crippen LogP contribution in [0.25, 0.3) is 0 Å². The Kier molecular flexibility index (Phi) is 13.6. The molecule has 0 bridgehead atoms. The molecular formula is C54H45O4Sn3V. The zero-order valence-electron chi connectivity index (χ0n) is 34.1. The van der Waals surface area contributed by atoms with Gasteiger partial charge >= 0.3 is 386 Å². The van der Waals surface area contributed by atoms with E-state index in [1.165, 1.54) is 0 Å². The molecule has 0 aliphatic heterocycles. The van der Waals surface area contributed by atoms with Crippen LogP contribution in [0.3, 0.4) is 0 Å². The molecule has 0 aromatic heterocycles. The van der Waals surface area contributed by atoms with E-state index in [1.807, 2.05) is 54.6 Å². The van der Waals surface area contributed by atoms with Gasteiger partial charge in [-0.25, -0.2) is 0 Å². The molecule has 0 radical (unpaired) electrons. The van der Waals surface area contributed by atoms with Gasteiger partial charge in [-0.3, -0.25) is 0 Å². The summed E-state index contributed by atoms with van der Waals surface area (Å²) in [6, 6.07) is 93.7. The minimum absolute atomic E-state index is 1.01. The average Bonchev–Trinajstić information content (AvgIpc) is 3.37. The first-order valence-corrected chi connectivity index (χ1v) is 39.4. The molecule has 0 saturated heterocycles. The van der Waals surface area contributed by atoms with E-state index >= 15 is 3.67 Å². The van der Waals surface area contributed by atoms with E-state index in [0.717, 1.165) is 32.2 Å². The van der Waals surface area contributed by atoms with Crippen molar-refractivity contribution in [1.82, 2.24) is 0 Å². The SMILES string of the molecule is [O]=[V]([O][Sn]([c]1ccccc1)([c]1ccccc1)[c]1ccccc1)([O][Sn]([c]1ccccc1)([c]1ccccc1)[c]1ccccc1)[O][Sn]([c]1ccccc1)([c]1ccccc1)[c]1ccccc1. The third-order valence-corrected chi connectivity index (χ3v) is 60.7. The van der Waals surface area contributed by atoms with Crippen LogP contribution in [-0.2, 0) is 24.7 Å². The van der Waals surface area contributed by atoms with Crippen LogP contribution in [-0.4, -0.2) is 56.4 Å². The summed E-state index contributed by atoms with van der Waals surface area (Å²) < 4.78 is 51.4. The van der Waals surface area contributed by atoms with Crippen LogP contribution in [0.2, 0.25) is 0 Å². The quantitative estimate of drug-likeness (QED) is 0.114. The van der Waals surface area contributed by atoms with Crippen LogP contribution in [0.15, 0.2) is 273 Å². The first-order chi connectivity index (χ1) is 30.6. The van der Waals surface area contributed by atoms with Gasteiger partial charge in [0.1, 0.15) is 0 Å². The van der Waals surface area contributed by atoms with Crippen molar-refractivity contribution in [3.05, 3.63) is 273 Å². The molecule has 0 aliphatic rings. The molecule has 302 valence electrons. The van der Waals surface area contributed by atoms with Crippen LogP contribution in [0.5, 0.6) is 0 Å². The van der Waals surface area contributed by atoms with Crippen molar-refractivity contribution in [1.29, 1.82) is 0 Å². The van der Waals surface area contributed by atoms with Crippen LogP contribution >= 0.6 is 0 Å². The first kappa shape index (κ1) is 42.9. The van der Waals surface area contributed by atoms with Crippen molar-refractivity contribution in [3.8, 4) is 0 Å². The van der Waals surface area contributed by atoms with E-state index in [9.17, 15) is 0 Å². The van der Waals surface area contributed by atoms with Gasteiger partial charge in [0.15, 0.2) is 0 Å². The standard InChI is InChI=1S/9C6H5.4O.3Sn.V/c9*1-2-4-6-5-3-1;;;;;;;;/h9*1-5H;;;;;;;;. The fraction of sp³-hybridized carbons (Fsp3) is 0. The molecule has 0 spiro atoms. The van der Waals surface area contributed by atoms with Crippen LogP contribution in [0, 0.1) is 0 Å². The fourth-order valence-corrected chi connectivity index (χ4v) is 70.5. The van der Waals surface area contributed by atoms with Gasteiger partial charge < -0.3 is 0 Å². The molecule has 0 unspecified atom stereocenters. The Hall–Kier alpha value is -4.36. The first-order valence-electron chi connectivity index (χ1n) is 20.8. The summed E-state index contributed by atoms with van der Waals surface area (Å²) in [6.45, 7) is 0. The maximum absolute atomic E-state index is 18.0.